The van der Waals surface area contributed by atoms with Crippen molar-refractivity contribution in [2.75, 3.05) is 4.90 Å². The van der Waals surface area contributed by atoms with Crippen LogP contribution in [0.3, 0.4) is 0 Å². The van der Waals surface area contributed by atoms with Gasteiger partial charge in [-0.25, -0.2) is 0 Å². The number of hydrogen-bond donors (Lipinski definition) is 0. The van der Waals surface area contributed by atoms with Crippen LogP contribution in [-0.2, 0) is 0 Å². The Labute approximate surface area is 231 Å². The van der Waals surface area contributed by atoms with E-state index in [0.717, 1.165) is 17.1 Å². The van der Waals surface area contributed by atoms with Crippen LogP contribution in [0.1, 0.15) is 11.1 Å². The van der Waals surface area contributed by atoms with Gasteiger partial charge in [-0.2, -0.15) is 0 Å². The first-order valence-corrected chi connectivity index (χ1v) is 13.4. The summed E-state index contributed by atoms with van der Waals surface area (Å²) in [4.78, 5) is 2.32. The predicted molar refractivity (Wildman–Crippen MR) is 167 cm³/mol. The van der Waals surface area contributed by atoms with Crippen molar-refractivity contribution in [3.63, 3.8) is 0 Å². The topological polar surface area (TPSA) is 3.24 Å². The second kappa shape index (κ2) is 10.8. The van der Waals surface area contributed by atoms with Crippen LogP contribution in [0, 0.1) is 13.8 Å². The fraction of sp³-hybridized carbons (Fsp3) is 0.0526. The van der Waals surface area contributed by atoms with Gasteiger partial charge in [0.15, 0.2) is 0 Å². The molecule has 0 N–H and O–H groups in total. The van der Waals surface area contributed by atoms with Gasteiger partial charge in [-0.1, -0.05) is 126 Å². The molecule has 6 aromatic carbocycles. The summed E-state index contributed by atoms with van der Waals surface area (Å²) in [6.07, 6.45) is 0. The van der Waals surface area contributed by atoms with Crippen LogP contribution >= 0.6 is 0 Å². The quantitative estimate of drug-likeness (QED) is 0.219. The average Bonchev–Trinajstić information content (AvgIpc) is 3.00. The van der Waals surface area contributed by atoms with E-state index in [1.165, 1.54) is 44.5 Å². The van der Waals surface area contributed by atoms with Crippen LogP contribution < -0.4 is 4.90 Å². The van der Waals surface area contributed by atoms with Gasteiger partial charge in [0.1, 0.15) is 0 Å². The zero-order valence-corrected chi connectivity index (χ0v) is 22.4. The lowest BCUT2D eigenvalue weighted by Gasteiger charge is -2.26. The van der Waals surface area contributed by atoms with Crippen molar-refractivity contribution in [2.45, 2.75) is 13.8 Å². The van der Waals surface area contributed by atoms with Crippen LogP contribution in [0.15, 0.2) is 152 Å². The summed E-state index contributed by atoms with van der Waals surface area (Å²) in [7, 11) is 0. The molecule has 0 aromatic heterocycles. The molecule has 0 saturated heterocycles. The van der Waals surface area contributed by atoms with Crippen molar-refractivity contribution in [1.82, 2.24) is 0 Å². The number of aryl methyl sites for hydroxylation is 2. The molecule has 0 radical (unpaired) electrons. The Morgan fingerprint density at radius 3 is 0.923 bits per heavy atom. The zero-order chi connectivity index (χ0) is 26.6. The van der Waals surface area contributed by atoms with E-state index < -0.39 is 0 Å². The minimum atomic E-state index is 1.13. The van der Waals surface area contributed by atoms with E-state index in [1.807, 2.05) is 0 Å². The van der Waals surface area contributed by atoms with Gasteiger partial charge >= 0.3 is 0 Å². The van der Waals surface area contributed by atoms with Crippen molar-refractivity contribution >= 4 is 17.1 Å². The molecule has 0 aliphatic carbocycles. The number of hydrogen-bond acceptors (Lipinski definition) is 1. The summed E-state index contributed by atoms with van der Waals surface area (Å²) in [6.45, 7) is 4.25. The van der Waals surface area contributed by atoms with Crippen molar-refractivity contribution in [1.29, 1.82) is 0 Å². The van der Waals surface area contributed by atoms with Gasteiger partial charge in [-0.05, 0) is 83.6 Å². The predicted octanol–water partition coefficient (Wildman–Crippen LogP) is 10.8. The molecule has 0 saturated carbocycles. The molecule has 6 aromatic rings. The smallest absolute Gasteiger partial charge is 0.0462 e. The number of anilines is 3. The molecule has 0 spiro atoms. The lowest BCUT2D eigenvalue weighted by Crippen LogP contribution is -2.09. The Morgan fingerprint density at radius 1 is 0.282 bits per heavy atom. The lowest BCUT2D eigenvalue weighted by atomic mass is 10.00. The van der Waals surface area contributed by atoms with Gasteiger partial charge < -0.3 is 4.90 Å². The van der Waals surface area contributed by atoms with Crippen LogP contribution in [0.25, 0.3) is 33.4 Å². The minimum absolute atomic E-state index is 1.13. The molecular formula is C38H31N. The van der Waals surface area contributed by atoms with E-state index in [4.69, 9.17) is 0 Å². The van der Waals surface area contributed by atoms with E-state index in [1.54, 1.807) is 0 Å². The summed E-state index contributed by atoms with van der Waals surface area (Å²) in [6, 6.07) is 54.5. The van der Waals surface area contributed by atoms with E-state index >= 15 is 0 Å². The fourth-order valence-electron chi connectivity index (χ4n) is 4.98. The highest BCUT2D eigenvalue weighted by Gasteiger charge is 2.13. The van der Waals surface area contributed by atoms with Crippen LogP contribution in [0.2, 0.25) is 0 Å². The van der Waals surface area contributed by atoms with Gasteiger partial charge in [-0.15, -0.1) is 0 Å². The first kappa shape index (κ1) is 24.5. The van der Waals surface area contributed by atoms with Crippen molar-refractivity contribution in [3.05, 3.63) is 163 Å². The first-order valence-electron chi connectivity index (χ1n) is 13.4. The molecule has 0 atom stereocenters. The highest BCUT2D eigenvalue weighted by atomic mass is 15.1. The van der Waals surface area contributed by atoms with Gasteiger partial charge in [0.2, 0.25) is 0 Å². The molecule has 1 nitrogen and oxygen atoms in total. The molecule has 0 amide bonds. The third-order valence-electron chi connectivity index (χ3n) is 7.25. The summed E-state index contributed by atoms with van der Waals surface area (Å²) in [5.74, 6) is 0. The summed E-state index contributed by atoms with van der Waals surface area (Å²) < 4.78 is 0. The highest BCUT2D eigenvalue weighted by molar-refractivity contribution is 5.80. The maximum Gasteiger partial charge on any atom is 0.0462 e. The van der Waals surface area contributed by atoms with Crippen molar-refractivity contribution in [2.24, 2.45) is 0 Å². The maximum absolute atomic E-state index is 2.32. The zero-order valence-electron chi connectivity index (χ0n) is 22.4. The molecule has 0 heterocycles. The molecule has 39 heavy (non-hydrogen) atoms. The van der Waals surface area contributed by atoms with Gasteiger partial charge in [0.05, 0.1) is 0 Å². The molecule has 0 aliphatic rings. The Morgan fingerprint density at radius 2 is 0.538 bits per heavy atom. The van der Waals surface area contributed by atoms with Crippen LogP contribution in [0.4, 0.5) is 17.1 Å². The summed E-state index contributed by atoms with van der Waals surface area (Å²) >= 11 is 0. The SMILES string of the molecule is Cc1ccc(-c2ccc(N(c3ccc(C)cc3)c3ccc(-c4ccc(-c5ccccc5)cc4)cc3)cc2)cc1. The van der Waals surface area contributed by atoms with Gasteiger partial charge in [-0.3, -0.25) is 0 Å². The second-order valence-electron chi connectivity index (χ2n) is 10.1. The van der Waals surface area contributed by atoms with E-state index in [2.05, 4.69) is 170 Å². The third kappa shape index (κ3) is 5.39. The molecular weight excluding hydrogens is 470 g/mol. The normalized spacial score (nSPS) is 10.8. The molecule has 1 heteroatoms. The Hall–Kier alpha value is -4.88. The monoisotopic (exact) mass is 501 g/mol. The van der Waals surface area contributed by atoms with Gasteiger partial charge in [0.25, 0.3) is 0 Å². The van der Waals surface area contributed by atoms with Crippen molar-refractivity contribution < 1.29 is 0 Å². The maximum atomic E-state index is 2.32. The molecule has 0 fully saturated rings. The minimum Gasteiger partial charge on any atom is -0.311 e. The van der Waals surface area contributed by atoms with E-state index in [-0.39, 0.29) is 0 Å². The summed E-state index contributed by atoms with van der Waals surface area (Å²) in [5, 5.41) is 0. The van der Waals surface area contributed by atoms with Gasteiger partial charge in [0, 0.05) is 17.1 Å². The Kier molecular flexibility index (Phi) is 6.80. The molecule has 0 aliphatic heterocycles. The number of rotatable bonds is 6. The fourth-order valence-corrected chi connectivity index (χ4v) is 4.98. The lowest BCUT2D eigenvalue weighted by molar-refractivity contribution is 1.27. The highest BCUT2D eigenvalue weighted by Crippen LogP contribution is 2.37. The third-order valence-corrected chi connectivity index (χ3v) is 7.25. The molecule has 6 rings (SSSR count). The van der Waals surface area contributed by atoms with E-state index in [0.29, 0.717) is 0 Å². The summed E-state index contributed by atoms with van der Waals surface area (Å²) in [5.41, 5.74) is 13.3. The number of nitrogens with zero attached hydrogens (tertiary/aromatic N) is 1. The van der Waals surface area contributed by atoms with Crippen LogP contribution in [-0.4, -0.2) is 0 Å². The molecule has 188 valence electrons. The Bertz CT molecular complexity index is 1650. The standard InChI is InChI=1S/C38H31N/c1-28-8-12-31(13-9-28)34-18-24-37(25-19-34)39(36-22-10-29(2)11-23-36)38-26-20-35(21-27-38)33-16-14-32(15-17-33)30-6-4-3-5-7-30/h3-27H,1-2H3. The largest absolute Gasteiger partial charge is 0.311 e. The van der Waals surface area contributed by atoms with Crippen LogP contribution in [0.5, 0.6) is 0 Å². The van der Waals surface area contributed by atoms with E-state index in [9.17, 15) is 0 Å². The first-order chi connectivity index (χ1) is 19.1. The second-order valence-corrected chi connectivity index (χ2v) is 10.1. The number of benzene rings is 6. The molecule has 0 bridgehead atoms. The Balaban J connectivity index is 1.31. The van der Waals surface area contributed by atoms with Crippen molar-refractivity contribution in [3.8, 4) is 33.4 Å². The average molecular weight is 502 g/mol. The molecule has 0 unspecified atom stereocenters.